The number of methoxy groups -OCH3 is 1. The molecule has 0 saturated heterocycles. The minimum absolute atomic E-state index is 0.0669. The maximum atomic E-state index is 11.9. The van der Waals surface area contributed by atoms with Gasteiger partial charge in [0.15, 0.2) is 6.61 Å². The smallest absolute Gasteiger partial charge is 0.413 e. The Morgan fingerprint density at radius 1 is 1.21 bits per heavy atom. The molecule has 0 saturated carbocycles. The molecule has 9 heteroatoms. The molecule has 0 fully saturated rings. The van der Waals surface area contributed by atoms with E-state index in [4.69, 9.17) is 0 Å². The highest BCUT2D eigenvalue weighted by Crippen LogP contribution is 2.20. The Bertz CT molecular complexity index is 548. The molecule has 0 unspecified atom stereocenters. The van der Waals surface area contributed by atoms with Crippen LogP contribution in [0.2, 0.25) is 0 Å². The topological polar surface area (TPSA) is 69.7 Å². The van der Waals surface area contributed by atoms with Crippen molar-refractivity contribution < 1.29 is 35.3 Å². The average Bonchev–Trinajstić information content (AvgIpc) is 2.35. The van der Waals surface area contributed by atoms with E-state index in [1.165, 1.54) is 0 Å². The van der Waals surface area contributed by atoms with Crippen LogP contribution in [0.25, 0.3) is 0 Å². The summed E-state index contributed by atoms with van der Waals surface area (Å²) in [4.78, 5) is 10.6. The Morgan fingerprint density at radius 2 is 1.74 bits per heavy atom. The second kappa shape index (κ2) is 5.57. The minimum Gasteiger partial charge on any atom is -0.465 e. The summed E-state index contributed by atoms with van der Waals surface area (Å²) in [6, 6.07) is 4.13. The van der Waals surface area contributed by atoms with Crippen molar-refractivity contribution in [1.82, 2.24) is 0 Å². The van der Waals surface area contributed by atoms with Gasteiger partial charge in [-0.1, -0.05) is 0 Å². The molecule has 0 aliphatic heterocycles. The first kappa shape index (κ1) is 15.4. The SMILES string of the molecule is COC(=O)c1ccc(S(=O)(=O)OCC(F)(F)F)cc1. The molecule has 0 aliphatic carbocycles. The van der Waals surface area contributed by atoms with Gasteiger partial charge in [0.2, 0.25) is 0 Å². The number of rotatable bonds is 4. The standard InChI is InChI=1S/C10H9F3O5S/c1-17-9(14)7-2-4-8(5-3-7)19(15,16)18-6-10(11,12)13/h2-5H,6H2,1H3. The van der Waals surface area contributed by atoms with E-state index < -0.39 is 33.8 Å². The van der Waals surface area contributed by atoms with Crippen molar-refractivity contribution >= 4 is 16.1 Å². The predicted octanol–water partition coefficient (Wildman–Crippen LogP) is 1.74. The van der Waals surface area contributed by atoms with E-state index in [0.717, 1.165) is 31.4 Å². The van der Waals surface area contributed by atoms with Gasteiger partial charge in [0.05, 0.1) is 17.6 Å². The summed E-state index contributed by atoms with van der Waals surface area (Å²) in [7, 11) is -3.38. The van der Waals surface area contributed by atoms with Gasteiger partial charge in [0, 0.05) is 0 Å². The molecule has 1 rings (SSSR count). The molecular weight excluding hydrogens is 289 g/mol. The molecule has 0 bridgehead atoms. The lowest BCUT2D eigenvalue weighted by Crippen LogP contribution is -2.20. The van der Waals surface area contributed by atoms with E-state index >= 15 is 0 Å². The molecule has 19 heavy (non-hydrogen) atoms. The van der Waals surface area contributed by atoms with Crippen molar-refractivity contribution in [2.24, 2.45) is 0 Å². The molecule has 106 valence electrons. The van der Waals surface area contributed by atoms with Crippen LogP contribution in [0.1, 0.15) is 10.4 Å². The number of ether oxygens (including phenoxy) is 1. The number of alkyl halides is 3. The molecule has 0 N–H and O–H groups in total. The van der Waals surface area contributed by atoms with E-state index in [9.17, 15) is 26.4 Å². The van der Waals surface area contributed by atoms with Crippen molar-refractivity contribution in [3.8, 4) is 0 Å². The summed E-state index contributed by atoms with van der Waals surface area (Å²) in [5.41, 5.74) is 0.0669. The Kier molecular flexibility index (Phi) is 4.53. The first-order valence-electron chi connectivity index (χ1n) is 4.80. The molecule has 0 amide bonds. The lowest BCUT2D eigenvalue weighted by molar-refractivity contribution is -0.152. The second-order valence-corrected chi connectivity index (χ2v) is 4.96. The number of esters is 1. The highest BCUT2D eigenvalue weighted by Gasteiger charge is 2.31. The zero-order valence-corrected chi connectivity index (χ0v) is 10.4. The van der Waals surface area contributed by atoms with E-state index in [1.807, 2.05) is 0 Å². The Morgan fingerprint density at radius 3 is 2.16 bits per heavy atom. The van der Waals surface area contributed by atoms with Gasteiger partial charge in [-0.3, -0.25) is 4.18 Å². The van der Waals surface area contributed by atoms with Gasteiger partial charge in [-0.2, -0.15) is 21.6 Å². The Balaban J connectivity index is 2.88. The molecule has 0 radical (unpaired) electrons. The summed E-state index contributed by atoms with van der Waals surface area (Å²) < 4.78 is 66.6. The maximum absolute atomic E-state index is 11.9. The monoisotopic (exact) mass is 298 g/mol. The third-order valence-corrected chi connectivity index (χ3v) is 3.22. The van der Waals surface area contributed by atoms with Crippen LogP contribution in [0.4, 0.5) is 13.2 Å². The zero-order valence-electron chi connectivity index (χ0n) is 9.60. The van der Waals surface area contributed by atoms with Gasteiger partial charge in [-0.05, 0) is 24.3 Å². The molecule has 1 aromatic carbocycles. The Hall–Kier alpha value is -1.61. The number of carbonyl (C=O) groups is 1. The summed E-state index contributed by atoms with van der Waals surface area (Å²) in [6.07, 6.45) is -4.75. The predicted molar refractivity (Wildman–Crippen MR) is 57.0 cm³/mol. The van der Waals surface area contributed by atoms with Crippen molar-refractivity contribution in [2.75, 3.05) is 13.7 Å². The van der Waals surface area contributed by atoms with Gasteiger partial charge in [-0.25, -0.2) is 4.79 Å². The molecule has 5 nitrogen and oxygen atoms in total. The van der Waals surface area contributed by atoms with E-state index in [1.54, 1.807) is 0 Å². The quantitative estimate of drug-likeness (QED) is 0.625. The fourth-order valence-electron chi connectivity index (χ4n) is 1.09. The third kappa shape index (κ3) is 4.52. The van der Waals surface area contributed by atoms with Gasteiger partial charge >= 0.3 is 12.1 Å². The zero-order chi connectivity index (χ0) is 14.7. The summed E-state index contributed by atoms with van der Waals surface area (Å²) in [5.74, 6) is -0.694. The molecular formula is C10H9F3O5S. The number of hydrogen-bond donors (Lipinski definition) is 0. The van der Waals surface area contributed by atoms with Gasteiger partial charge in [-0.15, -0.1) is 0 Å². The summed E-state index contributed by atoms with van der Waals surface area (Å²) in [6.45, 7) is -1.91. The molecule has 0 aliphatic rings. The van der Waals surface area contributed by atoms with Crippen LogP contribution in [0.15, 0.2) is 29.2 Å². The molecule has 0 heterocycles. The maximum Gasteiger partial charge on any atom is 0.413 e. The number of carbonyl (C=O) groups excluding carboxylic acids is 1. The number of halogens is 3. The van der Waals surface area contributed by atoms with Gasteiger partial charge in [0.25, 0.3) is 10.1 Å². The van der Waals surface area contributed by atoms with Crippen molar-refractivity contribution in [3.05, 3.63) is 29.8 Å². The lowest BCUT2D eigenvalue weighted by Gasteiger charge is -2.08. The molecule has 1 aromatic rings. The average molecular weight is 298 g/mol. The van der Waals surface area contributed by atoms with Crippen molar-refractivity contribution in [3.63, 3.8) is 0 Å². The largest absolute Gasteiger partial charge is 0.465 e. The second-order valence-electron chi connectivity index (χ2n) is 3.35. The van der Waals surface area contributed by atoms with E-state index in [0.29, 0.717) is 0 Å². The van der Waals surface area contributed by atoms with Gasteiger partial charge < -0.3 is 4.74 Å². The molecule has 0 spiro atoms. The lowest BCUT2D eigenvalue weighted by atomic mass is 10.2. The third-order valence-electron chi connectivity index (χ3n) is 1.94. The molecule has 0 atom stereocenters. The Labute approximate surface area is 107 Å². The van der Waals surface area contributed by atoms with Crippen LogP contribution in [0.3, 0.4) is 0 Å². The van der Waals surface area contributed by atoms with Gasteiger partial charge in [0.1, 0.15) is 0 Å². The first-order valence-corrected chi connectivity index (χ1v) is 6.21. The fourth-order valence-corrected chi connectivity index (χ4v) is 1.98. The van der Waals surface area contributed by atoms with Crippen LogP contribution >= 0.6 is 0 Å². The van der Waals surface area contributed by atoms with Crippen molar-refractivity contribution in [2.45, 2.75) is 11.1 Å². The fraction of sp³-hybridized carbons (Fsp3) is 0.300. The van der Waals surface area contributed by atoms with Crippen molar-refractivity contribution in [1.29, 1.82) is 0 Å². The van der Waals surface area contributed by atoms with Crippen LogP contribution in [0.5, 0.6) is 0 Å². The number of benzene rings is 1. The van der Waals surface area contributed by atoms with Crippen LogP contribution < -0.4 is 0 Å². The molecule has 0 aromatic heterocycles. The number of hydrogen-bond acceptors (Lipinski definition) is 5. The minimum atomic E-state index is -4.75. The summed E-state index contributed by atoms with van der Waals surface area (Å²) in [5, 5.41) is 0. The normalized spacial score (nSPS) is 12.2. The van der Waals surface area contributed by atoms with Crippen LogP contribution in [-0.4, -0.2) is 34.3 Å². The first-order chi connectivity index (χ1) is 8.65. The summed E-state index contributed by atoms with van der Waals surface area (Å²) >= 11 is 0. The van der Waals surface area contributed by atoms with Crippen LogP contribution in [0, 0.1) is 0 Å². The van der Waals surface area contributed by atoms with E-state index in [-0.39, 0.29) is 5.56 Å². The highest BCUT2D eigenvalue weighted by molar-refractivity contribution is 7.86. The highest BCUT2D eigenvalue weighted by atomic mass is 32.2. The van der Waals surface area contributed by atoms with E-state index in [2.05, 4.69) is 8.92 Å². The van der Waals surface area contributed by atoms with Crippen LogP contribution in [-0.2, 0) is 19.0 Å².